The Kier molecular flexibility index (Phi) is 8.42. The van der Waals surface area contributed by atoms with Crippen molar-refractivity contribution in [1.82, 2.24) is 4.57 Å². The first-order valence-electron chi connectivity index (χ1n) is 12.6. The summed E-state index contributed by atoms with van der Waals surface area (Å²) in [6.07, 6.45) is 1.08. The first-order valence-corrected chi connectivity index (χ1v) is 13.4. The van der Waals surface area contributed by atoms with E-state index in [0.717, 1.165) is 23.5 Å². The van der Waals surface area contributed by atoms with Gasteiger partial charge in [-0.05, 0) is 57.0 Å². The quantitative estimate of drug-likeness (QED) is 0.218. The van der Waals surface area contributed by atoms with E-state index in [1.165, 1.54) is 17.8 Å². The van der Waals surface area contributed by atoms with Crippen molar-refractivity contribution < 1.29 is 34.0 Å². The fourth-order valence-corrected chi connectivity index (χ4v) is 5.50. The van der Waals surface area contributed by atoms with Crippen LogP contribution in [0.3, 0.4) is 0 Å². The van der Waals surface area contributed by atoms with Gasteiger partial charge in [-0.3, -0.25) is 29.6 Å². The summed E-state index contributed by atoms with van der Waals surface area (Å²) in [4.78, 5) is 52.6. The Hall–Kier alpha value is -5.05. The van der Waals surface area contributed by atoms with Crippen LogP contribution in [-0.4, -0.2) is 45.3 Å². The van der Waals surface area contributed by atoms with Gasteiger partial charge in [0.05, 0.1) is 51.5 Å². The number of fused-ring (bicyclic) bond motifs is 1. The second-order valence-corrected chi connectivity index (χ2v) is 10.3. The normalized spacial score (nSPS) is 14.8. The van der Waals surface area contributed by atoms with Crippen molar-refractivity contribution in [2.24, 2.45) is 4.99 Å². The summed E-state index contributed by atoms with van der Waals surface area (Å²) in [6, 6.07) is 5.85. The average Bonchev–Trinajstić information content (AvgIpc) is 3.22. The fourth-order valence-electron chi connectivity index (χ4n) is 4.45. The molecule has 1 N–H and O–H groups in total. The number of thiazole rings is 1. The van der Waals surface area contributed by atoms with Crippen molar-refractivity contribution in [2.75, 3.05) is 13.7 Å². The van der Waals surface area contributed by atoms with Crippen LogP contribution >= 0.6 is 11.3 Å². The predicted octanol–water partition coefficient (Wildman–Crippen LogP) is 3.12. The topological polar surface area (TPSA) is 186 Å². The van der Waals surface area contributed by atoms with Crippen LogP contribution in [0.1, 0.15) is 44.9 Å². The van der Waals surface area contributed by atoms with Gasteiger partial charge in [0.2, 0.25) is 0 Å². The van der Waals surface area contributed by atoms with Crippen LogP contribution in [-0.2, 0) is 9.53 Å². The number of allylic oxidation sites excluding steroid dienone is 1. The van der Waals surface area contributed by atoms with Gasteiger partial charge in [-0.25, -0.2) is 9.79 Å². The van der Waals surface area contributed by atoms with Crippen LogP contribution in [0.2, 0.25) is 0 Å². The van der Waals surface area contributed by atoms with E-state index in [1.807, 2.05) is 13.8 Å². The Morgan fingerprint density at radius 2 is 1.81 bits per heavy atom. The zero-order valence-electron chi connectivity index (χ0n) is 23.1. The standard InChI is InChI=1S/C27H26N4O10S/c1-6-40-26(34)22-14(4)28-27-29(23(22)16-7-8-19(41-13(2)3)20(12-16)39-5)25(33)21(42-27)11-15-9-17(30(35)36)24(32)18(10-15)31(37)38/h7-13,23,32H,6H2,1-5H3/b21-11+/t23-/m1/s1. The first-order chi connectivity index (χ1) is 19.9. The van der Waals surface area contributed by atoms with Crippen LogP contribution in [0.25, 0.3) is 6.08 Å². The molecule has 3 aromatic rings. The highest BCUT2D eigenvalue weighted by Gasteiger charge is 2.34. The highest BCUT2D eigenvalue weighted by Crippen LogP contribution is 2.38. The molecule has 1 aliphatic rings. The van der Waals surface area contributed by atoms with E-state index in [1.54, 1.807) is 32.0 Å². The lowest BCUT2D eigenvalue weighted by Gasteiger charge is -2.25. The smallest absolute Gasteiger partial charge is 0.338 e. The third-order valence-electron chi connectivity index (χ3n) is 6.17. The van der Waals surface area contributed by atoms with Crippen molar-refractivity contribution in [3.05, 3.63) is 92.6 Å². The van der Waals surface area contributed by atoms with Crippen molar-refractivity contribution >= 4 is 34.8 Å². The van der Waals surface area contributed by atoms with Crippen molar-refractivity contribution in [3.8, 4) is 17.2 Å². The number of hydrogen-bond acceptors (Lipinski definition) is 12. The van der Waals surface area contributed by atoms with Crippen molar-refractivity contribution in [3.63, 3.8) is 0 Å². The van der Waals surface area contributed by atoms with E-state index < -0.39 is 44.5 Å². The molecule has 220 valence electrons. The Labute approximate surface area is 241 Å². The third-order valence-corrected chi connectivity index (χ3v) is 7.15. The predicted molar refractivity (Wildman–Crippen MR) is 151 cm³/mol. The summed E-state index contributed by atoms with van der Waals surface area (Å²) >= 11 is 0.924. The summed E-state index contributed by atoms with van der Waals surface area (Å²) in [5.41, 5.74) is -1.54. The van der Waals surface area contributed by atoms with E-state index >= 15 is 0 Å². The largest absolute Gasteiger partial charge is 0.497 e. The lowest BCUT2D eigenvalue weighted by Crippen LogP contribution is -2.40. The second-order valence-electron chi connectivity index (χ2n) is 9.30. The molecule has 0 radical (unpaired) electrons. The second kappa shape index (κ2) is 11.8. The number of nitro groups is 2. The molecule has 1 atom stereocenters. The number of esters is 1. The zero-order valence-corrected chi connectivity index (χ0v) is 24.0. The van der Waals surface area contributed by atoms with Gasteiger partial charge in [0.15, 0.2) is 16.3 Å². The molecule has 0 bridgehead atoms. The molecule has 2 aromatic carbocycles. The number of carbonyl (C=O) groups is 1. The number of aromatic hydroxyl groups is 1. The highest BCUT2D eigenvalue weighted by molar-refractivity contribution is 7.07. The van der Waals surface area contributed by atoms with Gasteiger partial charge in [0.1, 0.15) is 0 Å². The average molecular weight is 599 g/mol. The third kappa shape index (κ3) is 5.58. The monoisotopic (exact) mass is 598 g/mol. The van der Waals surface area contributed by atoms with E-state index in [4.69, 9.17) is 14.2 Å². The number of methoxy groups -OCH3 is 1. The number of benzene rings is 2. The molecule has 0 unspecified atom stereocenters. The summed E-state index contributed by atoms with van der Waals surface area (Å²) in [7, 11) is 1.46. The molecule has 0 aliphatic carbocycles. The number of ether oxygens (including phenoxy) is 3. The summed E-state index contributed by atoms with van der Waals surface area (Å²) in [6.45, 7) is 7.04. The van der Waals surface area contributed by atoms with E-state index in [-0.39, 0.29) is 33.2 Å². The van der Waals surface area contributed by atoms with Gasteiger partial charge in [-0.2, -0.15) is 0 Å². The number of nitrogens with zero attached hydrogens (tertiary/aromatic N) is 4. The summed E-state index contributed by atoms with van der Waals surface area (Å²) in [5.74, 6) is -0.955. The molecule has 2 heterocycles. The molecule has 0 amide bonds. The number of phenols is 1. The number of aromatic nitrogens is 1. The van der Waals surface area contributed by atoms with E-state index in [0.29, 0.717) is 22.8 Å². The van der Waals surface area contributed by atoms with Gasteiger partial charge in [0.25, 0.3) is 11.3 Å². The Bertz CT molecular complexity index is 1790. The van der Waals surface area contributed by atoms with Gasteiger partial charge in [-0.1, -0.05) is 17.4 Å². The maximum Gasteiger partial charge on any atom is 0.338 e. The fraction of sp³-hybridized carbons (Fsp3) is 0.296. The number of hydrogen-bond donors (Lipinski definition) is 1. The minimum Gasteiger partial charge on any atom is -0.497 e. The van der Waals surface area contributed by atoms with E-state index in [9.17, 15) is 34.9 Å². The van der Waals surface area contributed by atoms with Crippen LogP contribution in [0.15, 0.2) is 51.4 Å². The Balaban J connectivity index is 1.98. The van der Waals surface area contributed by atoms with Gasteiger partial charge in [-0.15, -0.1) is 0 Å². The molecule has 1 aliphatic heterocycles. The minimum absolute atomic E-state index is 0.0256. The Morgan fingerprint density at radius 1 is 1.17 bits per heavy atom. The summed E-state index contributed by atoms with van der Waals surface area (Å²) < 4.78 is 17.9. The molecule has 0 saturated heterocycles. The maximum atomic E-state index is 13.8. The lowest BCUT2D eigenvalue weighted by atomic mass is 9.95. The molecular formula is C27H26N4O10S. The molecule has 0 spiro atoms. The minimum atomic E-state index is -1.10. The maximum absolute atomic E-state index is 13.8. The van der Waals surface area contributed by atoms with Crippen LogP contribution < -0.4 is 24.4 Å². The number of phenolic OH excluding ortho intramolecular Hbond substituents is 1. The van der Waals surface area contributed by atoms with Gasteiger partial charge in [0, 0.05) is 12.1 Å². The molecule has 14 nitrogen and oxygen atoms in total. The molecule has 42 heavy (non-hydrogen) atoms. The van der Waals surface area contributed by atoms with Gasteiger partial charge >= 0.3 is 17.3 Å². The SMILES string of the molecule is CCOC(=O)C1=C(C)N=c2s/c(=C/c3cc([N+](=O)[O-])c(O)c([N+](=O)[O-])c3)c(=O)n2[C@@H]1c1ccc(OC(C)C)c(OC)c1. The summed E-state index contributed by atoms with van der Waals surface area (Å²) in [5, 5.41) is 32.8. The van der Waals surface area contributed by atoms with Crippen molar-refractivity contribution in [1.29, 1.82) is 0 Å². The molecule has 0 fully saturated rings. The molecule has 1 aromatic heterocycles. The zero-order chi connectivity index (χ0) is 30.9. The number of rotatable bonds is 9. The molecule has 15 heteroatoms. The highest BCUT2D eigenvalue weighted by atomic mass is 32.1. The number of nitro benzene ring substituents is 2. The van der Waals surface area contributed by atoms with Crippen LogP contribution in [0, 0.1) is 20.2 Å². The molecular weight excluding hydrogens is 572 g/mol. The first kappa shape index (κ1) is 29.9. The lowest BCUT2D eigenvalue weighted by molar-refractivity contribution is -0.396. The van der Waals surface area contributed by atoms with Crippen molar-refractivity contribution in [2.45, 2.75) is 39.8 Å². The van der Waals surface area contributed by atoms with Crippen LogP contribution in [0.4, 0.5) is 11.4 Å². The van der Waals surface area contributed by atoms with E-state index in [2.05, 4.69) is 4.99 Å². The van der Waals surface area contributed by atoms with Crippen LogP contribution in [0.5, 0.6) is 17.2 Å². The molecule has 0 saturated carbocycles. The van der Waals surface area contributed by atoms with Gasteiger partial charge < -0.3 is 19.3 Å². The number of carbonyl (C=O) groups excluding carboxylic acids is 1. The molecule has 4 rings (SSSR count). The Morgan fingerprint density at radius 3 is 2.36 bits per heavy atom.